The Morgan fingerprint density at radius 3 is 2.90 bits per heavy atom. The third kappa shape index (κ3) is 4.87. The number of carboxylic acids is 1. The van der Waals surface area contributed by atoms with Crippen molar-refractivity contribution in [1.82, 2.24) is 15.1 Å². The summed E-state index contributed by atoms with van der Waals surface area (Å²) in [6, 6.07) is 0.874. The standard InChI is InChI=1S/C17H21N5O6S/c18-2-1-12(23)20-13-15(24)22-14(17(25)26)11(10-29-16(13)22)9-19-28-8-5-21-3-6-27-7-4-21/h9,13,16H,1,3-8,10H2,(H,20,23)(H,25,26)/t13-,16+/m1/s1. The van der Waals surface area contributed by atoms with E-state index in [1.54, 1.807) is 6.07 Å². The first-order valence-electron chi connectivity index (χ1n) is 9.05. The maximum atomic E-state index is 12.4. The second-order valence-electron chi connectivity index (χ2n) is 6.49. The van der Waals surface area contributed by atoms with E-state index in [1.807, 2.05) is 0 Å². The molecule has 0 aromatic carbocycles. The molecule has 0 radical (unpaired) electrons. The number of amides is 2. The molecule has 0 spiro atoms. The minimum Gasteiger partial charge on any atom is -0.477 e. The lowest BCUT2D eigenvalue weighted by atomic mass is 10.0. The van der Waals surface area contributed by atoms with Gasteiger partial charge in [0.1, 0.15) is 30.1 Å². The highest BCUT2D eigenvalue weighted by Crippen LogP contribution is 2.39. The maximum Gasteiger partial charge on any atom is 0.353 e. The molecule has 3 rings (SSSR count). The molecule has 2 fully saturated rings. The number of aliphatic carboxylic acids is 1. The van der Waals surface area contributed by atoms with Crippen LogP contribution >= 0.6 is 11.8 Å². The van der Waals surface area contributed by atoms with Crippen LogP contribution in [0.2, 0.25) is 0 Å². The number of nitrogens with one attached hydrogen (secondary N) is 1. The topological polar surface area (TPSA) is 145 Å². The number of nitriles is 1. The van der Waals surface area contributed by atoms with Crippen LogP contribution in [0.1, 0.15) is 6.42 Å². The molecular weight excluding hydrogens is 402 g/mol. The molecule has 12 heteroatoms. The molecular formula is C17H21N5O6S. The Morgan fingerprint density at radius 2 is 2.21 bits per heavy atom. The maximum absolute atomic E-state index is 12.4. The van der Waals surface area contributed by atoms with Crippen molar-refractivity contribution < 1.29 is 29.1 Å². The first-order valence-corrected chi connectivity index (χ1v) is 10.1. The van der Waals surface area contributed by atoms with Crippen molar-refractivity contribution in [2.24, 2.45) is 5.16 Å². The number of hydrogen-bond donors (Lipinski definition) is 2. The number of oxime groups is 1. The van der Waals surface area contributed by atoms with Crippen LogP contribution in [0.4, 0.5) is 0 Å². The summed E-state index contributed by atoms with van der Waals surface area (Å²) in [5.74, 6) is -2.03. The predicted molar refractivity (Wildman–Crippen MR) is 102 cm³/mol. The molecule has 0 bridgehead atoms. The fourth-order valence-electron chi connectivity index (χ4n) is 3.19. The average molecular weight is 423 g/mol. The molecule has 3 aliphatic heterocycles. The van der Waals surface area contributed by atoms with Gasteiger partial charge in [-0.1, -0.05) is 5.16 Å². The van der Waals surface area contributed by atoms with Gasteiger partial charge < -0.3 is 20.0 Å². The molecule has 2 atom stereocenters. The number of fused-ring (bicyclic) bond motifs is 1. The van der Waals surface area contributed by atoms with Gasteiger partial charge in [-0.3, -0.25) is 19.4 Å². The van der Waals surface area contributed by atoms with Gasteiger partial charge in [0.15, 0.2) is 0 Å². The summed E-state index contributed by atoms with van der Waals surface area (Å²) in [7, 11) is 0. The van der Waals surface area contributed by atoms with Crippen molar-refractivity contribution in [2.75, 3.05) is 45.2 Å². The van der Waals surface area contributed by atoms with Gasteiger partial charge in [-0.25, -0.2) is 4.79 Å². The van der Waals surface area contributed by atoms with E-state index in [4.69, 9.17) is 14.8 Å². The number of ether oxygens (including phenoxy) is 1. The minimum atomic E-state index is -1.25. The lowest BCUT2D eigenvalue weighted by Crippen LogP contribution is -2.70. The molecule has 3 heterocycles. The number of carbonyl (C=O) groups excluding carboxylic acids is 2. The molecule has 11 nitrogen and oxygen atoms in total. The van der Waals surface area contributed by atoms with Crippen molar-refractivity contribution >= 4 is 35.8 Å². The Morgan fingerprint density at radius 1 is 1.45 bits per heavy atom. The number of morpholine rings is 1. The van der Waals surface area contributed by atoms with Crippen molar-refractivity contribution in [3.63, 3.8) is 0 Å². The smallest absolute Gasteiger partial charge is 0.353 e. The molecule has 0 aliphatic carbocycles. The van der Waals surface area contributed by atoms with Gasteiger partial charge in [0, 0.05) is 31.0 Å². The van der Waals surface area contributed by atoms with Crippen LogP contribution in [0.25, 0.3) is 0 Å². The van der Waals surface area contributed by atoms with Crippen molar-refractivity contribution in [1.29, 1.82) is 5.26 Å². The summed E-state index contributed by atoms with van der Waals surface area (Å²) in [6.45, 7) is 4.11. The second-order valence-corrected chi connectivity index (χ2v) is 7.60. The summed E-state index contributed by atoms with van der Waals surface area (Å²) in [4.78, 5) is 44.2. The molecule has 0 unspecified atom stereocenters. The molecule has 0 aromatic heterocycles. The zero-order valence-electron chi connectivity index (χ0n) is 15.6. The fourth-order valence-corrected chi connectivity index (χ4v) is 4.48. The lowest BCUT2D eigenvalue weighted by Gasteiger charge is -2.49. The van der Waals surface area contributed by atoms with E-state index >= 15 is 0 Å². The number of carboxylic acid groups (broad SMARTS) is 1. The van der Waals surface area contributed by atoms with Crippen LogP contribution in [-0.4, -0.2) is 95.5 Å². The van der Waals surface area contributed by atoms with Gasteiger partial charge in [-0.05, 0) is 0 Å². The second kappa shape index (κ2) is 9.73. The Bertz CT molecular complexity index is 773. The molecule has 0 saturated carbocycles. The van der Waals surface area contributed by atoms with Crippen LogP contribution in [-0.2, 0) is 24.0 Å². The van der Waals surface area contributed by atoms with E-state index in [0.29, 0.717) is 37.7 Å². The number of carbonyl (C=O) groups is 3. The van der Waals surface area contributed by atoms with E-state index < -0.39 is 29.2 Å². The summed E-state index contributed by atoms with van der Waals surface area (Å²) in [5.41, 5.74) is 0.199. The third-order valence-electron chi connectivity index (χ3n) is 4.64. The third-order valence-corrected chi connectivity index (χ3v) is 5.94. The van der Waals surface area contributed by atoms with Gasteiger partial charge in [0.2, 0.25) is 5.91 Å². The number of rotatable bonds is 8. The normalized spacial score (nSPS) is 24.7. The van der Waals surface area contributed by atoms with Crippen LogP contribution < -0.4 is 5.32 Å². The highest BCUT2D eigenvalue weighted by atomic mass is 32.2. The van der Waals surface area contributed by atoms with Gasteiger partial charge in [0.05, 0.1) is 25.5 Å². The summed E-state index contributed by atoms with van der Waals surface area (Å²) >= 11 is 1.32. The van der Waals surface area contributed by atoms with Crippen LogP contribution in [0, 0.1) is 11.3 Å². The van der Waals surface area contributed by atoms with Gasteiger partial charge in [-0.15, -0.1) is 11.8 Å². The monoisotopic (exact) mass is 423 g/mol. The largest absolute Gasteiger partial charge is 0.477 e. The quantitative estimate of drug-likeness (QED) is 0.217. The van der Waals surface area contributed by atoms with Crippen LogP contribution in [0.5, 0.6) is 0 Å². The van der Waals surface area contributed by atoms with Gasteiger partial charge in [0.25, 0.3) is 5.91 Å². The Kier molecular flexibility index (Phi) is 7.08. The Hall–Kier alpha value is -2.62. The van der Waals surface area contributed by atoms with E-state index in [1.165, 1.54) is 18.0 Å². The summed E-state index contributed by atoms with van der Waals surface area (Å²) in [5, 5.41) is 23.9. The number of hydrogen-bond acceptors (Lipinski definition) is 9. The van der Waals surface area contributed by atoms with Gasteiger partial charge >= 0.3 is 5.97 Å². The van der Waals surface area contributed by atoms with Gasteiger partial charge in [-0.2, -0.15) is 5.26 Å². The zero-order chi connectivity index (χ0) is 20.8. The SMILES string of the molecule is N#CCC(=O)N[C@@H]1C(=O)N2C(C(=O)O)=C(C=NOCCN3CCOCC3)CS[C@@H]12. The highest BCUT2D eigenvalue weighted by molar-refractivity contribution is 8.00. The van der Waals surface area contributed by atoms with E-state index in [2.05, 4.69) is 15.4 Å². The van der Waals surface area contributed by atoms with E-state index in [9.17, 15) is 19.5 Å². The van der Waals surface area contributed by atoms with E-state index in [-0.39, 0.29) is 12.1 Å². The van der Waals surface area contributed by atoms with Crippen molar-refractivity contribution in [3.05, 3.63) is 11.3 Å². The van der Waals surface area contributed by atoms with Crippen LogP contribution in [0.15, 0.2) is 16.4 Å². The van der Waals surface area contributed by atoms with Crippen molar-refractivity contribution in [2.45, 2.75) is 17.8 Å². The average Bonchev–Trinajstić information content (AvgIpc) is 2.72. The molecule has 2 amide bonds. The molecule has 29 heavy (non-hydrogen) atoms. The van der Waals surface area contributed by atoms with Crippen LogP contribution in [0.3, 0.4) is 0 Å². The molecule has 2 saturated heterocycles. The van der Waals surface area contributed by atoms with E-state index in [0.717, 1.165) is 18.0 Å². The van der Waals surface area contributed by atoms with Crippen molar-refractivity contribution in [3.8, 4) is 6.07 Å². The number of β-lactam (4-membered cyclic amide) rings is 1. The summed E-state index contributed by atoms with van der Waals surface area (Å²) in [6.07, 6.45) is 0.962. The molecule has 3 aliphatic rings. The number of thioether (sulfide) groups is 1. The fraction of sp³-hybridized carbons (Fsp3) is 0.588. The first kappa shape index (κ1) is 21.1. The lowest BCUT2D eigenvalue weighted by molar-refractivity contribution is -0.150. The predicted octanol–water partition coefficient (Wildman–Crippen LogP) is -1.03. The molecule has 0 aromatic rings. The molecule has 156 valence electrons. The molecule has 2 N–H and O–H groups in total. The summed E-state index contributed by atoms with van der Waals surface area (Å²) < 4.78 is 5.27. The first-order chi connectivity index (χ1) is 14.0. The highest BCUT2D eigenvalue weighted by Gasteiger charge is 2.54. The zero-order valence-corrected chi connectivity index (χ0v) is 16.4. The Labute approximate surface area is 171 Å². The Balaban J connectivity index is 1.58. The minimum absolute atomic E-state index is 0.162. The number of nitrogens with zero attached hydrogens (tertiary/aromatic N) is 4.